The lowest BCUT2D eigenvalue weighted by Gasteiger charge is -2.19. The Labute approximate surface area is 192 Å². The van der Waals surface area contributed by atoms with Crippen LogP contribution >= 0.6 is 11.6 Å². The Morgan fingerprint density at radius 2 is 1.67 bits per heavy atom. The molecule has 0 bridgehead atoms. The minimum absolute atomic E-state index is 0.0361. The van der Waals surface area contributed by atoms with Crippen LogP contribution in [0.2, 0.25) is 5.15 Å². The van der Waals surface area contributed by atoms with Gasteiger partial charge in [0.15, 0.2) is 6.10 Å². The van der Waals surface area contributed by atoms with Gasteiger partial charge in [-0.15, -0.1) is 0 Å². The number of nitrogens with one attached hydrogen (secondary N) is 2. The molecule has 1 atom stereocenters. The fourth-order valence-corrected chi connectivity index (χ4v) is 3.42. The van der Waals surface area contributed by atoms with Crippen LogP contribution in [0.4, 0.5) is 24.5 Å². The van der Waals surface area contributed by atoms with Crippen LogP contribution in [0.25, 0.3) is 0 Å². The zero-order chi connectivity index (χ0) is 24.3. The molecule has 172 valence electrons. The first-order chi connectivity index (χ1) is 15.5. The van der Waals surface area contributed by atoms with Crippen molar-refractivity contribution in [2.45, 2.75) is 26.1 Å². The van der Waals surface area contributed by atoms with E-state index in [0.29, 0.717) is 22.5 Å². The molecule has 3 rings (SSSR count). The van der Waals surface area contributed by atoms with Crippen LogP contribution in [0.15, 0.2) is 54.7 Å². The second-order valence-corrected chi connectivity index (χ2v) is 7.66. The van der Waals surface area contributed by atoms with Crippen molar-refractivity contribution in [1.29, 1.82) is 0 Å². The normalized spacial score (nSPS) is 12.2. The van der Waals surface area contributed by atoms with Crippen molar-refractivity contribution in [1.82, 2.24) is 4.98 Å². The number of aliphatic hydroxyl groups is 1. The molecule has 10 heteroatoms. The highest BCUT2D eigenvalue weighted by atomic mass is 35.5. The quantitative estimate of drug-likeness (QED) is 0.426. The van der Waals surface area contributed by atoms with Crippen molar-refractivity contribution >= 4 is 34.8 Å². The van der Waals surface area contributed by atoms with E-state index in [-0.39, 0.29) is 21.8 Å². The Morgan fingerprint density at radius 1 is 1.00 bits per heavy atom. The second-order valence-electron chi connectivity index (χ2n) is 7.30. The highest BCUT2D eigenvalue weighted by molar-refractivity contribution is 6.33. The molecule has 3 aromatic rings. The Balaban J connectivity index is 1.79. The van der Waals surface area contributed by atoms with Crippen LogP contribution in [0.3, 0.4) is 0 Å². The van der Waals surface area contributed by atoms with E-state index in [4.69, 9.17) is 11.6 Å². The van der Waals surface area contributed by atoms with Gasteiger partial charge < -0.3 is 15.7 Å². The van der Waals surface area contributed by atoms with Gasteiger partial charge in [0, 0.05) is 23.1 Å². The van der Waals surface area contributed by atoms with E-state index in [1.807, 2.05) is 0 Å². The molecular weight excluding hydrogens is 459 g/mol. The van der Waals surface area contributed by atoms with Crippen LogP contribution in [-0.2, 0) is 0 Å². The number of carbonyl (C=O) groups excluding carboxylic acids is 2. The first kappa shape index (κ1) is 24.2. The summed E-state index contributed by atoms with van der Waals surface area (Å²) in [5.41, 5.74) is 1.45. The van der Waals surface area contributed by atoms with Gasteiger partial charge in [0.1, 0.15) is 5.15 Å². The van der Waals surface area contributed by atoms with Gasteiger partial charge in [0.05, 0.1) is 5.56 Å². The third kappa shape index (κ3) is 5.68. The molecule has 1 unspecified atom stereocenters. The number of anilines is 2. The van der Waals surface area contributed by atoms with Crippen molar-refractivity contribution in [2.75, 3.05) is 10.6 Å². The Morgan fingerprint density at radius 3 is 2.27 bits per heavy atom. The maximum atomic E-state index is 12.8. The van der Waals surface area contributed by atoms with Gasteiger partial charge in [-0.25, -0.2) is 4.98 Å². The average molecular weight is 478 g/mol. The highest BCUT2D eigenvalue weighted by Crippen LogP contribution is 2.35. The van der Waals surface area contributed by atoms with Crippen LogP contribution in [0.1, 0.15) is 43.5 Å². The summed E-state index contributed by atoms with van der Waals surface area (Å²) in [4.78, 5) is 29.0. The lowest BCUT2D eigenvalue weighted by Crippen LogP contribution is -2.21. The summed E-state index contributed by atoms with van der Waals surface area (Å²) in [5, 5.41) is 14.8. The zero-order valence-electron chi connectivity index (χ0n) is 17.5. The maximum Gasteiger partial charge on any atom is 0.418 e. The Hall–Kier alpha value is -3.43. The summed E-state index contributed by atoms with van der Waals surface area (Å²) in [6.45, 7) is 3.06. The van der Waals surface area contributed by atoms with Crippen LogP contribution in [0.5, 0.6) is 0 Å². The van der Waals surface area contributed by atoms with Gasteiger partial charge in [-0.3, -0.25) is 9.59 Å². The van der Waals surface area contributed by atoms with E-state index in [2.05, 4.69) is 15.6 Å². The SMILES string of the molecule is Cc1cc(C(O)C(F)(F)F)cc(C)c1NC(=O)c1cccc(NC(=O)c2cccnc2Cl)c1. The first-order valence-electron chi connectivity index (χ1n) is 9.66. The van der Waals surface area contributed by atoms with Crippen molar-refractivity contribution < 1.29 is 27.9 Å². The van der Waals surface area contributed by atoms with Crippen molar-refractivity contribution in [2.24, 2.45) is 0 Å². The number of hydrogen-bond donors (Lipinski definition) is 3. The third-order valence-electron chi connectivity index (χ3n) is 4.81. The number of benzene rings is 2. The van der Waals surface area contributed by atoms with E-state index < -0.39 is 24.1 Å². The number of aromatic nitrogens is 1. The van der Waals surface area contributed by atoms with Gasteiger partial charge in [-0.05, 0) is 60.9 Å². The number of aryl methyl sites for hydroxylation is 2. The van der Waals surface area contributed by atoms with Gasteiger partial charge in [-0.2, -0.15) is 13.2 Å². The van der Waals surface area contributed by atoms with Gasteiger partial charge in [0.2, 0.25) is 0 Å². The molecule has 0 aliphatic heterocycles. The number of alkyl halides is 3. The van der Waals surface area contributed by atoms with E-state index in [0.717, 1.165) is 0 Å². The van der Waals surface area contributed by atoms with Gasteiger partial charge in [-0.1, -0.05) is 29.8 Å². The van der Waals surface area contributed by atoms with E-state index in [1.54, 1.807) is 18.2 Å². The number of rotatable bonds is 5. The number of amides is 2. The number of carbonyl (C=O) groups is 2. The van der Waals surface area contributed by atoms with E-state index >= 15 is 0 Å². The van der Waals surface area contributed by atoms with Crippen molar-refractivity contribution in [3.63, 3.8) is 0 Å². The molecule has 33 heavy (non-hydrogen) atoms. The summed E-state index contributed by atoms with van der Waals surface area (Å²) >= 11 is 5.93. The van der Waals surface area contributed by atoms with Crippen molar-refractivity contribution in [3.05, 3.63) is 87.7 Å². The molecule has 1 aromatic heterocycles. The molecule has 0 spiro atoms. The summed E-state index contributed by atoms with van der Waals surface area (Å²) in [7, 11) is 0. The minimum Gasteiger partial charge on any atom is -0.379 e. The number of halogens is 4. The molecule has 2 amide bonds. The number of aliphatic hydroxyl groups excluding tert-OH is 1. The smallest absolute Gasteiger partial charge is 0.379 e. The van der Waals surface area contributed by atoms with Crippen molar-refractivity contribution in [3.8, 4) is 0 Å². The molecule has 2 aromatic carbocycles. The summed E-state index contributed by atoms with van der Waals surface area (Å²) < 4.78 is 38.5. The number of hydrogen-bond acceptors (Lipinski definition) is 4. The topological polar surface area (TPSA) is 91.3 Å². The molecule has 3 N–H and O–H groups in total. The van der Waals surface area contributed by atoms with Crippen LogP contribution < -0.4 is 10.6 Å². The number of pyridine rings is 1. The largest absolute Gasteiger partial charge is 0.418 e. The zero-order valence-corrected chi connectivity index (χ0v) is 18.3. The van der Waals surface area contributed by atoms with E-state index in [1.165, 1.54) is 50.4 Å². The number of nitrogens with zero attached hydrogens (tertiary/aromatic N) is 1. The maximum absolute atomic E-state index is 12.8. The summed E-state index contributed by atoms with van der Waals surface area (Å²) in [5.74, 6) is -1.03. The third-order valence-corrected chi connectivity index (χ3v) is 5.11. The molecule has 1 heterocycles. The lowest BCUT2D eigenvalue weighted by atomic mass is 10.00. The molecule has 0 radical (unpaired) electrons. The monoisotopic (exact) mass is 477 g/mol. The fraction of sp³-hybridized carbons (Fsp3) is 0.174. The summed E-state index contributed by atoms with van der Waals surface area (Å²) in [6, 6.07) is 11.5. The fourth-order valence-electron chi connectivity index (χ4n) is 3.22. The first-order valence-corrected chi connectivity index (χ1v) is 10.0. The van der Waals surface area contributed by atoms with Gasteiger partial charge >= 0.3 is 6.18 Å². The predicted molar refractivity (Wildman–Crippen MR) is 119 cm³/mol. The molecule has 0 saturated carbocycles. The standard InChI is InChI=1S/C23H19ClF3N3O3/c1-12-9-15(19(31)23(25,26)27)10-13(2)18(12)30-21(32)14-5-3-6-16(11-14)29-22(33)17-7-4-8-28-20(17)24/h3-11,19,31H,1-2H3,(H,29,33)(H,30,32). The van der Waals surface area contributed by atoms with Crippen LogP contribution in [0, 0.1) is 13.8 Å². The van der Waals surface area contributed by atoms with Crippen LogP contribution in [-0.4, -0.2) is 28.1 Å². The minimum atomic E-state index is -4.80. The lowest BCUT2D eigenvalue weighted by molar-refractivity contribution is -0.206. The summed E-state index contributed by atoms with van der Waals surface area (Å²) in [6.07, 6.45) is -5.97. The molecule has 0 fully saturated rings. The molecule has 0 saturated heterocycles. The predicted octanol–water partition coefficient (Wildman–Crippen LogP) is 5.45. The Bertz CT molecular complexity index is 1190. The van der Waals surface area contributed by atoms with Gasteiger partial charge in [0.25, 0.3) is 11.8 Å². The highest BCUT2D eigenvalue weighted by Gasteiger charge is 2.39. The average Bonchev–Trinajstić information content (AvgIpc) is 2.75. The molecule has 0 aliphatic carbocycles. The second kappa shape index (κ2) is 9.60. The van der Waals surface area contributed by atoms with E-state index in [9.17, 15) is 27.9 Å². The Kier molecular flexibility index (Phi) is 7.04. The molecule has 0 aliphatic rings. The molecule has 6 nitrogen and oxygen atoms in total. The molecular formula is C23H19ClF3N3O3.